The highest BCUT2D eigenvalue weighted by atomic mass is 16.3. The lowest BCUT2D eigenvalue weighted by Crippen LogP contribution is -2.15. The summed E-state index contributed by atoms with van der Waals surface area (Å²) in [5, 5.41) is 9.74. The first-order valence-electron chi connectivity index (χ1n) is 5.53. The third-order valence-corrected chi connectivity index (χ3v) is 2.67. The molecule has 1 aliphatic carbocycles. The average Bonchev–Trinajstić information content (AvgIpc) is 2.04. The molecule has 0 amide bonds. The SMILES string of the molecule is CC(C)CC(O)CC1C=CCCC1. The van der Waals surface area contributed by atoms with Crippen LogP contribution in [0.5, 0.6) is 0 Å². The van der Waals surface area contributed by atoms with Gasteiger partial charge in [0.1, 0.15) is 0 Å². The van der Waals surface area contributed by atoms with Crippen LogP contribution < -0.4 is 0 Å². The Morgan fingerprint density at radius 1 is 1.46 bits per heavy atom. The lowest BCUT2D eigenvalue weighted by Gasteiger charge is -2.20. The molecule has 0 fully saturated rings. The molecule has 0 radical (unpaired) electrons. The Balaban J connectivity index is 2.22. The van der Waals surface area contributed by atoms with Gasteiger partial charge in [0.2, 0.25) is 0 Å². The van der Waals surface area contributed by atoms with Crippen LogP contribution in [-0.4, -0.2) is 11.2 Å². The highest BCUT2D eigenvalue weighted by Gasteiger charge is 2.14. The predicted molar refractivity (Wildman–Crippen MR) is 56.6 cm³/mol. The van der Waals surface area contributed by atoms with E-state index in [0.717, 1.165) is 12.8 Å². The lowest BCUT2D eigenvalue weighted by molar-refractivity contribution is 0.124. The molecule has 0 bridgehead atoms. The Bertz CT molecular complexity index is 161. The van der Waals surface area contributed by atoms with Gasteiger partial charge in [0.25, 0.3) is 0 Å². The molecule has 0 heterocycles. The summed E-state index contributed by atoms with van der Waals surface area (Å²) in [5.74, 6) is 1.25. The molecule has 1 nitrogen and oxygen atoms in total. The second-order valence-corrected chi connectivity index (χ2v) is 4.64. The van der Waals surface area contributed by atoms with E-state index in [-0.39, 0.29) is 6.10 Å². The molecule has 1 N–H and O–H groups in total. The first kappa shape index (κ1) is 10.8. The number of hydrogen-bond donors (Lipinski definition) is 1. The maximum Gasteiger partial charge on any atom is 0.0548 e. The van der Waals surface area contributed by atoms with Crippen LogP contribution in [0.1, 0.15) is 46.0 Å². The average molecular weight is 182 g/mol. The molecule has 0 aromatic heterocycles. The van der Waals surface area contributed by atoms with Crippen molar-refractivity contribution in [1.82, 2.24) is 0 Å². The zero-order valence-corrected chi connectivity index (χ0v) is 8.87. The summed E-state index contributed by atoms with van der Waals surface area (Å²) >= 11 is 0. The maximum atomic E-state index is 9.74. The Morgan fingerprint density at radius 2 is 2.23 bits per heavy atom. The summed E-state index contributed by atoms with van der Waals surface area (Å²) in [4.78, 5) is 0. The second kappa shape index (κ2) is 5.43. The molecule has 0 aromatic carbocycles. The van der Waals surface area contributed by atoms with Crippen LogP contribution in [0.25, 0.3) is 0 Å². The van der Waals surface area contributed by atoms with Gasteiger partial charge in [-0.05, 0) is 43.9 Å². The first-order valence-corrected chi connectivity index (χ1v) is 5.53. The van der Waals surface area contributed by atoms with E-state index in [9.17, 15) is 5.11 Å². The molecule has 0 spiro atoms. The number of hydrogen-bond acceptors (Lipinski definition) is 1. The molecule has 1 heteroatoms. The monoisotopic (exact) mass is 182 g/mol. The van der Waals surface area contributed by atoms with E-state index in [1.165, 1.54) is 19.3 Å². The van der Waals surface area contributed by atoms with Crippen LogP contribution in [0, 0.1) is 11.8 Å². The van der Waals surface area contributed by atoms with Gasteiger partial charge < -0.3 is 5.11 Å². The zero-order valence-electron chi connectivity index (χ0n) is 8.87. The van der Waals surface area contributed by atoms with Crippen LogP contribution in [0.15, 0.2) is 12.2 Å². The summed E-state index contributed by atoms with van der Waals surface area (Å²) in [6.07, 6.45) is 10.2. The van der Waals surface area contributed by atoms with E-state index in [4.69, 9.17) is 0 Å². The summed E-state index contributed by atoms with van der Waals surface area (Å²) in [6, 6.07) is 0. The molecule has 2 atom stereocenters. The molecular weight excluding hydrogens is 160 g/mol. The van der Waals surface area contributed by atoms with Crippen molar-refractivity contribution >= 4 is 0 Å². The fourth-order valence-electron chi connectivity index (χ4n) is 2.07. The minimum atomic E-state index is -0.0900. The lowest BCUT2D eigenvalue weighted by atomic mass is 9.89. The summed E-state index contributed by atoms with van der Waals surface area (Å²) in [7, 11) is 0. The van der Waals surface area contributed by atoms with Crippen molar-refractivity contribution in [3.8, 4) is 0 Å². The predicted octanol–water partition coefficient (Wildman–Crippen LogP) is 3.14. The Hall–Kier alpha value is -0.300. The van der Waals surface area contributed by atoms with Crippen LogP contribution in [0.2, 0.25) is 0 Å². The number of aliphatic hydroxyl groups excluding tert-OH is 1. The number of allylic oxidation sites excluding steroid dienone is 2. The molecule has 2 unspecified atom stereocenters. The molecule has 0 aliphatic heterocycles. The molecular formula is C12H22O. The fraction of sp³-hybridized carbons (Fsp3) is 0.833. The summed E-state index contributed by atoms with van der Waals surface area (Å²) in [5.41, 5.74) is 0. The van der Waals surface area contributed by atoms with Crippen molar-refractivity contribution in [3.05, 3.63) is 12.2 Å². The topological polar surface area (TPSA) is 20.2 Å². The smallest absolute Gasteiger partial charge is 0.0548 e. The van der Waals surface area contributed by atoms with E-state index in [0.29, 0.717) is 11.8 Å². The molecule has 0 saturated carbocycles. The van der Waals surface area contributed by atoms with Gasteiger partial charge in [0.05, 0.1) is 6.10 Å². The van der Waals surface area contributed by atoms with Crippen molar-refractivity contribution in [2.45, 2.75) is 52.1 Å². The zero-order chi connectivity index (χ0) is 9.68. The maximum absolute atomic E-state index is 9.74. The van der Waals surface area contributed by atoms with Gasteiger partial charge in [0.15, 0.2) is 0 Å². The molecule has 13 heavy (non-hydrogen) atoms. The Kier molecular flexibility index (Phi) is 4.51. The Labute approximate surface area is 81.9 Å². The molecule has 1 rings (SSSR count). The van der Waals surface area contributed by atoms with Crippen molar-refractivity contribution in [3.63, 3.8) is 0 Å². The van der Waals surface area contributed by atoms with E-state index in [1.807, 2.05) is 0 Å². The van der Waals surface area contributed by atoms with Crippen molar-refractivity contribution in [2.75, 3.05) is 0 Å². The minimum Gasteiger partial charge on any atom is -0.393 e. The van der Waals surface area contributed by atoms with Crippen LogP contribution in [-0.2, 0) is 0 Å². The van der Waals surface area contributed by atoms with Gasteiger partial charge in [-0.3, -0.25) is 0 Å². The van der Waals surface area contributed by atoms with Gasteiger partial charge in [-0.15, -0.1) is 0 Å². The van der Waals surface area contributed by atoms with Crippen molar-refractivity contribution in [2.24, 2.45) is 11.8 Å². The normalized spacial score (nSPS) is 25.1. The van der Waals surface area contributed by atoms with Crippen molar-refractivity contribution in [1.29, 1.82) is 0 Å². The summed E-state index contributed by atoms with van der Waals surface area (Å²) in [6.45, 7) is 4.33. The van der Waals surface area contributed by atoms with E-state index < -0.39 is 0 Å². The third-order valence-electron chi connectivity index (χ3n) is 2.67. The van der Waals surface area contributed by atoms with Crippen LogP contribution in [0.4, 0.5) is 0 Å². The standard InChI is InChI=1S/C12H22O/c1-10(2)8-12(13)9-11-6-4-3-5-7-11/h4,6,10-13H,3,5,7-9H2,1-2H3. The molecule has 0 saturated heterocycles. The minimum absolute atomic E-state index is 0.0900. The van der Waals surface area contributed by atoms with Gasteiger partial charge in [-0.25, -0.2) is 0 Å². The third kappa shape index (κ3) is 4.47. The van der Waals surface area contributed by atoms with E-state index >= 15 is 0 Å². The van der Waals surface area contributed by atoms with Crippen LogP contribution in [0.3, 0.4) is 0 Å². The highest BCUT2D eigenvalue weighted by molar-refractivity contribution is 4.93. The van der Waals surface area contributed by atoms with E-state index in [1.54, 1.807) is 0 Å². The fourth-order valence-corrected chi connectivity index (χ4v) is 2.07. The highest BCUT2D eigenvalue weighted by Crippen LogP contribution is 2.23. The quantitative estimate of drug-likeness (QED) is 0.662. The molecule has 76 valence electrons. The number of aliphatic hydroxyl groups is 1. The van der Waals surface area contributed by atoms with E-state index in [2.05, 4.69) is 26.0 Å². The molecule has 0 aromatic rings. The van der Waals surface area contributed by atoms with Gasteiger partial charge in [0, 0.05) is 0 Å². The van der Waals surface area contributed by atoms with Gasteiger partial charge in [-0.2, -0.15) is 0 Å². The van der Waals surface area contributed by atoms with Crippen molar-refractivity contribution < 1.29 is 5.11 Å². The van der Waals surface area contributed by atoms with Gasteiger partial charge >= 0.3 is 0 Å². The first-order chi connectivity index (χ1) is 6.18. The van der Waals surface area contributed by atoms with Crippen LogP contribution >= 0.6 is 0 Å². The second-order valence-electron chi connectivity index (χ2n) is 4.64. The Morgan fingerprint density at radius 3 is 2.77 bits per heavy atom. The largest absolute Gasteiger partial charge is 0.393 e. The molecule has 1 aliphatic rings. The summed E-state index contributed by atoms with van der Waals surface area (Å²) < 4.78 is 0. The van der Waals surface area contributed by atoms with Gasteiger partial charge in [-0.1, -0.05) is 26.0 Å². The number of rotatable bonds is 4.